The van der Waals surface area contributed by atoms with Crippen LogP contribution in [0.15, 0.2) is 64.0 Å². The molecule has 11 heteroatoms. The predicted octanol–water partition coefficient (Wildman–Crippen LogP) is 7.67. The molecule has 0 aromatic heterocycles. The Balaban J connectivity index is 1.48. The Kier molecular flexibility index (Phi) is 9.97. The van der Waals surface area contributed by atoms with Gasteiger partial charge in [-0.25, -0.2) is 0 Å². The molecule has 1 aliphatic heterocycles. The minimum atomic E-state index is -0.366. The molecular formula is C28H23BrClIN2O5S. The van der Waals surface area contributed by atoms with E-state index < -0.39 is 0 Å². The van der Waals surface area contributed by atoms with Gasteiger partial charge in [-0.15, -0.1) is 0 Å². The van der Waals surface area contributed by atoms with E-state index >= 15 is 0 Å². The summed E-state index contributed by atoms with van der Waals surface area (Å²) in [5, 5.41) is 2.98. The Morgan fingerprint density at radius 3 is 2.56 bits per heavy atom. The molecule has 1 fully saturated rings. The number of anilines is 1. The maximum Gasteiger partial charge on any atom is 0.293 e. The third-order valence-corrected chi connectivity index (χ3v) is 8.18. The van der Waals surface area contributed by atoms with E-state index in [4.69, 9.17) is 21.1 Å². The van der Waals surface area contributed by atoms with Crippen LogP contribution in [0.3, 0.4) is 0 Å². The Morgan fingerprint density at radius 1 is 1.13 bits per heavy atom. The van der Waals surface area contributed by atoms with Crippen molar-refractivity contribution >= 4 is 90.7 Å². The van der Waals surface area contributed by atoms with Gasteiger partial charge >= 0.3 is 0 Å². The molecule has 0 atom stereocenters. The van der Waals surface area contributed by atoms with Crippen LogP contribution >= 0.6 is 61.9 Å². The first kappa shape index (κ1) is 29.4. The number of benzene rings is 3. The van der Waals surface area contributed by atoms with Crippen molar-refractivity contribution in [2.75, 3.05) is 18.5 Å². The number of hydrogen-bond acceptors (Lipinski definition) is 6. The van der Waals surface area contributed by atoms with Crippen LogP contribution in [-0.4, -0.2) is 35.2 Å². The molecule has 0 radical (unpaired) electrons. The summed E-state index contributed by atoms with van der Waals surface area (Å²) in [4.78, 5) is 39.6. The molecule has 1 N–H and O–H groups in total. The van der Waals surface area contributed by atoms with E-state index in [0.717, 1.165) is 26.5 Å². The fourth-order valence-electron chi connectivity index (χ4n) is 3.64. The average molecular weight is 742 g/mol. The highest BCUT2D eigenvalue weighted by atomic mass is 127. The summed E-state index contributed by atoms with van der Waals surface area (Å²) in [7, 11) is 0. The van der Waals surface area contributed by atoms with Gasteiger partial charge in [-0.05, 0) is 123 Å². The van der Waals surface area contributed by atoms with Crippen molar-refractivity contribution in [3.8, 4) is 11.5 Å². The van der Waals surface area contributed by atoms with Gasteiger partial charge in [0, 0.05) is 14.3 Å². The van der Waals surface area contributed by atoms with Crippen molar-refractivity contribution in [3.63, 3.8) is 0 Å². The van der Waals surface area contributed by atoms with E-state index in [-0.39, 0.29) is 30.2 Å². The lowest BCUT2D eigenvalue weighted by Crippen LogP contribution is -2.27. The van der Waals surface area contributed by atoms with Crippen LogP contribution in [0.4, 0.5) is 10.5 Å². The highest BCUT2D eigenvalue weighted by molar-refractivity contribution is 14.1. The van der Waals surface area contributed by atoms with Gasteiger partial charge < -0.3 is 14.8 Å². The Bertz CT molecular complexity index is 1470. The van der Waals surface area contributed by atoms with Crippen LogP contribution in [0.2, 0.25) is 5.02 Å². The summed E-state index contributed by atoms with van der Waals surface area (Å²) in [6.07, 6.45) is 1.64. The molecule has 0 unspecified atom stereocenters. The lowest BCUT2D eigenvalue weighted by atomic mass is 10.1. The third kappa shape index (κ3) is 7.56. The minimum absolute atomic E-state index is 0.205. The number of aryl methyl sites for hydroxylation is 1. The summed E-state index contributed by atoms with van der Waals surface area (Å²) >= 11 is 12.7. The minimum Gasteiger partial charge on any atom is -0.490 e. The topological polar surface area (TPSA) is 84.9 Å². The molecule has 0 saturated carbocycles. The molecule has 3 aromatic carbocycles. The van der Waals surface area contributed by atoms with Crippen LogP contribution in [-0.2, 0) is 16.1 Å². The largest absolute Gasteiger partial charge is 0.490 e. The monoisotopic (exact) mass is 740 g/mol. The maximum absolute atomic E-state index is 13.0. The molecule has 3 aromatic rings. The van der Waals surface area contributed by atoms with Crippen LogP contribution in [0.25, 0.3) is 6.08 Å². The fourth-order valence-corrected chi connectivity index (χ4v) is 5.59. The zero-order valence-corrected chi connectivity index (χ0v) is 26.2. The van der Waals surface area contributed by atoms with Crippen LogP contribution < -0.4 is 14.8 Å². The second kappa shape index (κ2) is 13.2. The molecule has 1 aliphatic rings. The van der Waals surface area contributed by atoms with Crippen LogP contribution in [0, 0.1) is 10.5 Å². The van der Waals surface area contributed by atoms with Gasteiger partial charge in [0.2, 0.25) is 0 Å². The molecule has 4 rings (SSSR count). The molecule has 202 valence electrons. The number of hydrogen-bond donors (Lipinski definition) is 1. The van der Waals surface area contributed by atoms with Crippen molar-refractivity contribution in [1.29, 1.82) is 0 Å². The Morgan fingerprint density at radius 2 is 1.87 bits per heavy atom. The Hall–Kier alpha value is -2.54. The summed E-state index contributed by atoms with van der Waals surface area (Å²) in [5.41, 5.74) is 2.98. The first-order valence-corrected chi connectivity index (χ1v) is 14.9. The van der Waals surface area contributed by atoms with Crippen molar-refractivity contribution in [3.05, 3.63) is 89.3 Å². The number of ether oxygens (including phenoxy) is 2. The van der Waals surface area contributed by atoms with Gasteiger partial charge in [0.25, 0.3) is 17.1 Å². The lowest BCUT2D eigenvalue weighted by Gasteiger charge is -2.15. The molecule has 7 nitrogen and oxygen atoms in total. The molecule has 0 bridgehead atoms. The lowest BCUT2D eigenvalue weighted by molar-refractivity contribution is -0.123. The third-order valence-electron chi connectivity index (χ3n) is 5.56. The van der Waals surface area contributed by atoms with E-state index in [2.05, 4.69) is 43.8 Å². The summed E-state index contributed by atoms with van der Waals surface area (Å²) in [6.45, 7) is 4.00. The quantitative estimate of drug-likeness (QED) is 0.179. The number of nitrogens with one attached hydrogen (secondary N) is 1. The first-order chi connectivity index (χ1) is 18.6. The highest BCUT2D eigenvalue weighted by Crippen LogP contribution is 2.39. The molecule has 39 heavy (non-hydrogen) atoms. The zero-order chi connectivity index (χ0) is 28.1. The van der Waals surface area contributed by atoms with E-state index in [1.165, 1.54) is 4.90 Å². The van der Waals surface area contributed by atoms with E-state index in [1.807, 2.05) is 44.2 Å². The highest BCUT2D eigenvalue weighted by Gasteiger charge is 2.35. The van der Waals surface area contributed by atoms with Gasteiger partial charge in [-0.1, -0.05) is 29.8 Å². The second-order valence-corrected chi connectivity index (χ2v) is 12.0. The predicted molar refractivity (Wildman–Crippen MR) is 166 cm³/mol. The number of halogens is 3. The number of rotatable bonds is 9. The molecule has 3 amide bonds. The first-order valence-electron chi connectivity index (χ1n) is 11.8. The van der Waals surface area contributed by atoms with E-state index in [1.54, 1.807) is 30.3 Å². The average Bonchev–Trinajstić information content (AvgIpc) is 3.14. The number of imide groups is 1. The maximum atomic E-state index is 13.0. The van der Waals surface area contributed by atoms with Gasteiger partial charge in [-0.2, -0.15) is 0 Å². The fraction of sp³-hybridized carbons (Fsp3) is 0.179. The van der Waals surface area contributed by atoms with Crippen molar-refractivity contribution in [2.45, 2.75) is 20.4 Å². The number of amides is 3. The molecule has 0 aliphatic carbocycles. The summed E-state index contributed by atoms with van der Waals surface area (Å²) in [5.74, 6) is 0.0151. The van der Waals surface area contributed by atoms with Gasteiger partial charge in [0.1, 0.15) is 0 Å². The van der Waals surface area contributed by atoms with Gasteiger partial charge in [-0.3, -0.25) is 19.3 Å². The number of nitrogens with zero attached hydrogens (tertiary/aromatic N) is 1. The van der Waals surface area contributed by atoms with Gasteiger partial charge in [0.05, 0.1) is 22.5 Å². The van der Waals surface area contributed by atoms with E-state index in [9.17, 15) is 14.4 Å². The SMILES string of the molecule is CCOc1cc(/C=C2\SC(=O)N(Cc3ccc(I)cc3)C2=O)cc(Br)c1OCC(=O)Nc1ccc(C)c(Cl)c1. The standard InChI is InChI=1S/C28H23BrClIN2O5S/c1-3-37-23-11-18(12-24-27(35)33(28(36)39-24)14-17-5-7-19(31)8-6-17)10-21(29)26(23)38-15-25(34)32-20-9-4-16(2)22(30)13-20/h4-13H,3,14-15H2,1-2H3,(H,32,34)/b24-12-. The molecule has 1 heterocycles. The van der Waals surface area contributed by atoms with Gasteiger partial charge in [0.15, 0.2) is 18.1 Å². The number of thioether (sulfide) groups is 1. The van der Waals surface area contributed by atoms with Crippen LogP contribution in [0.5, 0.6) is 11.5 Å². The molecular weight excluding hydrogens is 719 g/mol. The van der Waals surface area contributed by atoms with E-state index in [0.29, 0.717) is 43.8 Å². The normalized spacial score (nSPS) is 14.2. The number of carbonyl (C=O) groups is 3. The molecule has 0 spiro atoms. The Labute approximate surface area is 257 Å². The van der Waals surface area contributed by atoms with Crippen molar-refractivity contribution < 1.29 is 23.9 Å². The second-order valence-electron chi connectivity index (χ2n) is 8.46. The summed E-state index contributed by atoms with van der Waals surface area (Å²) < 4.78 is 13.2. The van der Waals surface area contributed by atoms with Crippen LogP contribution in [0.1, 0.15) is 23.6 Å². The summed E-state index contributed by atoms with van der Waals surface area (Å²) in [6, 6.07) is 16.4. The zero-order valence-electron chi connectivity index (χ0n) is 20.9. The smallest absolute Gasteiger partial charge is 0.293 e. The molecule has 1 saturated heterocycles. The number of carbonyl (C=O) groups excluding carboxylic acids is 3. The van der Waals surface area contributed by atoms with Crippen molar-refractivity contribution in [1.82, 2.24) is 4.90 Å². The van der Waals surface area contributed by atoms with Crippen molar-refractivity contribution in [2.24, 2.45) is 0 Å².